The predicted octanol–water partition coefficient (Wildman–Crippen LogP) is 9.12. The Morgan fingerprint density at radius 2 is 0.880 bits per heavy atom. The summed E-state index contributed by atoms with van der Waals surface area (Å²) in [4.78, 5) is 67.3. The van der Waals surface area contributed by atoms with E-state index >= 15 is 0 Å². The Morgan fingerprint density at radius 1 is 0.493 bits per heavy atom. The largest absolute Gasteiger partial charge is 0.466 e. The normalized spacial score (nSPS) is 16.6. The van der Waals surface area contributed by atoms with Crippen molar-refractivity contribution in [2.45, 2.75) is 115 Å². The first-order valence-corrected chi connectivity index (χ1v) is 27.5. The van der Waals surface area contributed by atoms with Crippen LogP contribution in [-0.2, 0) is 36.6 Å². The molecule has 0 radical (unpaired) electrons. The number of hydrogen-bond acceptors (Lipinski definition) is 13. The highest BCUT2D eigenvalue weighted by Crippen LogP contribution is 2.31. The van der Waals surface area contributed by atoms with E-state index in [1.165, 1.54) is 0 Å². The Balaban J connectivity index is 0.824. The van der Waals surface area contributed by atoms with Gasteiger partial charge in [-0.1, -0.05) is 74.5 Å². The fourth-order valence-electron chi connectivity index (χ4n) is 10.6. The maximum absolute atomic E-state index is 14.0. The van der Waals surface area contributed by atoms with Crippen LogP contribution >= 0.6 is 0 Å². The molecule has 2 heterocycles. The number of Topliss-reactive ketones (excluding diaryl/α,β-unsaturated/α-hetero) is 2. The fraction of sp³-hybridized carbons (Fsp3) is 0.548. The molecular weight excluding hydrogens is 941 g/mol. The van der Waals surface area contributed by atoms with Gasteiger partial charge >= 0.3 is 11.9 Å². The number of rotatable bonds is 28. The summed E-state index contributed by atoms with van der Waals surface area (Å²) in [6, 6.07) is 36.6. The molecular formula is C62H88N6O7. The molecule has 0 aromatic heterocycles. The van der Waals surface area contributed by atoms with Gasteiger partial charge in [-0.2, -0.15) is 0 Å². The Labute approximate surface area is 449 Å². The van der Waals surface area contributed by atoms with Gasteiger partial charge in [0.05, 0.1) is 42.7 Å². The van der Waals surface area contributed by atoms with Crippen molar-refractivity contribution in [3.8, 4) is 0 Å². The van der Waals surface area contributed by atoms with Gasteiger partial charge in [-0.15, -0.1) is 0 Å². The number of ketones is 2. The van der Waals surface area contributed by atoms with Crippen LogP contribution in [0.25, 0.3) is 0 Å². The number of piperazine rings is 2. The molecule has 0 N–H and O–H groups in total. The molecule has 0 bridgehead atoms. The average Bonchev–Trinajstić information content (AvgIpc) is 3.40. The van der Waals surface area contributed by atoms with Crippen LogP contribution in [0.5, 0.6) is 0 Å². The molecule has 2 aliphatic heterocycles. The number of nitrogens with zero attached hydrogens (tertiary/aromatic N) is 6. The van der Waals surface area contributed by atoms with Gasteiger partial charge in [-0.3, -0.25) is 38.8 Å². The molecule has 4 aromatic rings. The minimum atomic E-state index is -0.690. The van der Waals surface area contributed by atoms with Crippen LogP contribution in [0, 0.1) is 0 Å². The van der Waals surface area contributed by atoms with Gasteiger partial charge < -0.3 is 24.0 Å². The van der Waals surface area contributed by atoms with E-state index in [0.29, 0.717) is 71.1 Å². The second-order valence-corrected chi connectivity index (χ2v) is 22.4. The molecule has 0 aliphatic carbocycles. The molecule has 408 valence electrons. The molecule has 2 atom stereocenters. The van der Waals surface area contributed by atoms with E-state index < -0.39 is 22.3 Å². The summed E-state index contributed by atoms with van der Waals surface area (Å²) in [5.41, 5.74) is 3.49. The van der Waals surface area contributed by atoms with E-state index in [1.807, 2.05) is 117 Å². The van der Waals surface area contributed by atoms with Gasteiger partial charge in [-0.25, -0.2) is 0 Å². The monoisotopic (exact) mass is 1030 g/mol. The molecule has 13 nitrogen and oxygen atoms in total. The Morgan fingerprint density at radius 3 is 1.27 bits per heavy atom. The maximum atomic E-state index is 14.0. The van der Waals surface area contributed by atoms with Gasteiger partial charge in [0.2, 0.25) is 0 Å². The van der Waals surface area contributed by atoms with Gasteiger partial charge in [-0.05, 0) is 141 Å². The van der Waals surface area contributed by atoms with E-state index in [-0.39, 0.29) is 30.1 Å². The predicted molar refractivity (Wildman–Crippen MR) is 302 cm³/mol. The molecule has 2 unspecified atom stereocenters. The average molecular weight is 1030 g/mol. The lowest BCUT2D eigenvalue weighted by atomic mass is 9.80. The molecule has 0 amide bonds. The summed E-state index contributed by atoms with van der Waals surface area (Å²) < 4.78 is 17.8. The smallest absolute Gasteiger partial charge is 0.307 e. The van der Waals surface area contributed by atoms with Crippen molar-refractivity contribution in [1.82, 2.24) is 19.6 Å². The molecule has 2 aliphatic rings. The molecule has 0 spiro atoms. The summed E-state index contributed by atoms with van der Waals surface area (Å²) in [5, 5.41) is 0. The van der Waals surface area contributed by atoms with Crippen molar-refractivity contribution in [1.29, 1.82) is 0 Å². The standard InChI is InChI=1S/C62H88N6O7/c1-11-61(63(7)8,47-49-19-15-13-16-20-49)57(71)51-23-27-53(28-24-51)67-41-37-65(38-42-67)35-31-55(69)73-45-33-59(3,4)74-46-34-60(5,6)75-56(70)32-36-66-39-43-68(44-40-66)54-29-25-52(26-30-54)58(72)62(12-2,64(9)10)48-50-21-17-14-18-22-50/h13-30H,11-12,31-48H2,1-10H3. The Kier molecular flexibility index (Phi) is 21.2. The third-order valence-electron chi connectivity index (χ3n) is 16.0. The van der Waals surface area contributed by atoms with Gasteiger partial charge in [0.1, 0.15) is 5.60 Å². The summed E-state index contributed by atoms with van der Waals surface area (Å²) >= 11 is 0. The highest BCUT2D eigenvalue weighted by Gasteiger charge is 2.41. The zero-order valence-electron chi connectivity index (χ0n) is 47.1. The van der Waals surface area contributed by atoms with Crippen LogP contribution in [-0.4, -0.2) is 172 Å². The minimum absolute atomic E-state index is 0.140. The SMILES string of the molecule is CCC(Cc1ccccc1)(C(=O)c1ccc(N2CCN(CCC(=O)OCCC(C)(C)OCCC(C)(C)OC(=O)CCN3CCN(c4ccc(C(=O)C(CC)(Cc5ccccc5)N(C)C)cc4)CC3)CC2)cc1)N(C)C. The second kappa shape index (κ2) is 27.0. The second-order valence-electron chi connectivity index (χ2n) is 22.4. The van der Waals surface area contributed by atoms with Crippen molar-refractivity contribution >= 4 is 34.9 Å². The lowest BCUT2D eigenvalue weighted by molar-refractivity contribution is -0.159. The van der Waals surface area contributed by atoms with E-state index in [9.17, 15) is 19.2 Å². The summed E-state index contributed by atoms with van der Waals surface area (Å²) in [7, 11) is 7.99. The lowest BCUT2D eigenvalue weighted by Gasteiger charge is -2.38. The number of carbonyl (C=O) groups is 4. The minimum Gasteiger partial charge on any atom is -0.466 e. The third-order valence-corrected chi connectivity index (χ3v) is 16.0. The Hall–Kier alpha value is -5.44. The topological polar surface area (TPSA) is 115 Å². The van der Waals surface area contributed by atoms with E-state index in [1.54, 1.807) is 0 Å². The highest BCUT2D eigenvalue weighted by molar-refractivity contribution is 6.04. The third kappa shape index (κ3) is 16.3. The molecule has 4 aromatic carbocycles. The molecule has 2 fully saturated rings. The summed E-state index contributed by atoms with van der Waals surface area (Å²) in [6.45, 7) is 20.6. The molecule has 0 saturated carbocycles. The van der Waals surface area contributed by atoms with Crippen molar-refractivity contribution in [2.24, 2.45) is 0 Å². The first-order chi connectivity index (χ1) is 35.8. The molecule has 13 heteroatoms. The molecule has 75 heavy (non-hydrogen) atoms. The molecule has 2 saturated heterocycles. The number of likely N-dealkylation sites (N-methyl/N-ethyl adjacent to an activating group) is 2. The van der Waals surface area contributed by atoms with Crippen LogP contribution in [0.3, 0.4) is 0 Å². The number of benzene rings is 4. The van der Waals surface area contributed by atoms with Gasteiger partial charge in [0.15, 0.2) is 11.6 Å². The number of anilines is 2. The highest BCUT2D eigenvalue weighted by atomic mass is 16.6. The van der Waals surface area contributed by atoms with Crippen LogP contribution in [0.2, 0.25) is 0 Å². The number of esters is 2. The van der Waals surface area contributed by atoms with Gasteiger partial charge in [0.25, 0.3) is 0 Å². The van der Waals surface area contributed by atoms with Crippen molar-refractivity contribution in [3.63, 3.8) is 0 Å². The van der Waals surface area contributed by atoms with Crippen LogP contribution < -0.4 is 9.80 Å². The maximum Gasteiger partial charge on any atom is 0.307 e. The number of hydrogen-bond donors (Lipinski definition) is 0. The Bertz CT molecular complexity index is 2410. The van der Waals surface area contributed by atoms with Crippen molar-refractivity contribution in [2.75, 3.05) is 117 Å². The zero-order valence-corrected chi connectivity index (χ0v) is 47.1. The van der Waals surface area contributed by atoms with Crippen molar-refractivity contribution < 1.29 is 33.4 Å². The van der Waals surface area contributed by atoms with E-state index in [2.05, 4.69) is 91.8 Å². The zero-order chi connectivity index (χ0) is 54.2. The first-order valence-electron chi connectivity index (χ1n) is 27.5. The lowest BCUT2D eigenvalue weighted by Crippen LogP contribution is -2.52. The van der Waals surface area contributed by atoms with Crippen LogP contribution in [0.15, 0.2) is 109 Å². The van der Waals surface area contributed by atoms with Crippen LogP contribution in [0.4, 0.5) is 11.4 Å². The summed E-state index contributed by atoms with van der Waals surface area (Å²) in [5.74, 6) is -0.154. The fourth-order valence-corrected chi connectivity index (χ4v) is 10.6. The number of ether oxygens (including phenoxy) is 3. The van der Waals surface area contributed by atoms with E-state index in [0.717, 1.165) is 86.0 Å². The summed E-state index contributed by atoms with van der Waals surface area (Å²) in [6.07, 6.45) is 4.46. The molecule has 6 rings (SSSR count). The first kappa shape index (κ1) is 58.8. The van der Waals surface area contributed by atoms with Crippen LogP contribution in [0.1, 0.15) is 112 Å². The van der Waals surface area contributed by atoms with Crippen molar-refractivity contribution in [3.05, 3.63) is 131 Å². The number of carbonyl (C=O) groups excluding carboxylic acids is 4. The van der Waals surface area contributed by atoms with E-state index in [4.69, 9.17) is 14.2 Å². The van der Waals surface area contributed by atoms with Gasteiger partial charge in [0, 0.05) is 101 Å². The quantitative estimate of drug-likeness (QED) is 0.0399.